The summed E-state index contributed by atoms with van der Waals surface area (Å²) in [4.78, 5) is 25.5. The van der Waals surface area contributed by atoms with E-state index in [0.29, 0.717) is 42.3 Å². The number of hydrogen-bond donors (Lipinski definition) is 1. The van der Waals surface area contributed by atoms with Gasteiger partial charge in [0.1, 0.15) is 0 Å². The SMILES string of the molecule is CCOCC1CCCN(C(=O)c2cc(Br)cc(C(=O)O)c2)C1. The number of carboxylic acid groups (broad SMARTS) is 1. The quantitative estimate of drug-likeness (QED) is 0.865. The van der Waals surface area contributed by atoms with Gasteiger partial charge in [0, 0.05) is 29.7 Å². The van der Waals surface area contributed by atoms with Gasteiger partial charge in [0.2, 0.25) is 0 Å². The first-order valence-electron chi connectivity index (χ1n) is 7.42. The van der Waals surface area contributed by atoms with Gasteiger partial charge >= 0.3 is 5.97 Å². The molecular weight excluding hydrogens is 350 g/mol. The number of piperidine rings is 1. The topological polar surface area (TPSA) is 66.8 Å². The second-order valence-electron chi connectivity index (χ2n) is 5.45. The zero-order valence-electron chi connectivity index (χ0n) is 12.5. The second kappa shape index (κ2) is 7.74. The van der Waals surface area contributed by atoms with Gasteiger partial charge in [-0.25, -0.2) is 4.79 Å². The van der Waals surface area contributed by atoms with Crippen LogP contribution in [0.15, 0.2) is 22.7 Å². The minimum Gasteiger partial charge on any atom is -0.478 e. The van der Waals surface area contributed by atoms with Gasteiger partial charge in [-0.15, -0.1) is 0 Å². The summed E-state index contributed by atoms with van der Waals surface area (Å²) >= 11 is 3.27. The molecule has 2 rings (SSSR count). The number of carboxylic acids is 1. The van der Waals surface area contributed by atoms with Crippen molar-refractivity contribution in [1.82, 2.24) is 4.90 Å². The van der Waals surface area contributed by atoms with E-state index in [4.69, 9.17) is 9.84 Å². The molecule has 1 aromatic carbocycles. The van der Waals surface area contributed by atoms with Crippen molar-refractivity contribution >= 4 is 27.8 Å². The molecule has 0 aliphatic carbocycles. The number of ether oxygens (including phenoxy) is 1. The van der Waals surface area contributed by atoms with E-state index in [-0.39, 0.29) is 11.5 Å². The van der Waals surface area contributed by atoms with E-state index < -0.39 is 5.97 Å². The van der Waals surface area contributed by atoms with Crippen molar-refractivity contribution < 1.29 is 19.4 Å². The Morgan fingerprint density at radius 3 is 2.77 bits per heavy atom. The Morgan fingerprint density at radius 1 is 1.36 bits per heavy atom. The molecular formula is C16H20BrNO4. The average Bonchev–Trinajstić information content (AvgIpc) is 2.51. The highest BCUT2D eigenvalue weighted by molar-refractivity contribution is 9.10. The predicted octanol–water partition coefficient (Wildman–Crippen LogP) is 3.04. The maximum Gasteiger partial charge on any atom is 0.335 e. The molecule has 0 bridgehead atoms. The number of likely N-dealkylation sites (tertiary alicyclic amines) is 1. The van der Waals surface area contributed by atoms with Crippen LogP contribution in [0.25, 0.3) is 0 Å². The predicted molar refractivity (Wildman–Crippen MR) is 86.2 cm³/mol. The molecule has 1 fully saturated rings. The van der Waals surface area contributed by atoms with Gasteiger partial charge in [0.15, 0.2) is 0 Å². The van der Waals surface area contributed by atoms with Crippen molar-refractivity contribution in [3.8, 4) is 0 Å². The summed E-state index contributed by atoms with van der Waals surface area (Å²) in [6.07, 6.45) is 2.01. The van der Waals surface area contributed by atoms with Gasteiger partial charge in [0.05, 0.1) is 12.2 Å². The van der Waals surface area contributed by atoms with Crippen LogP contribution < -0.4 is 0 Å². The third kappa shape index (κ3) is 4.30. The molecule has 0 spiro atoms. The summed E-state index contributed by atoms with van der Waals surface area (Å²) in [5.74, 6) is -0.808. The molecule has 5 nitrogen and oxygen atoms in total. The minimum atomic E-state index is -1.04. The molecule has 22 heavy (non-hydrogen) atoms. The number of amides is 1. The van der Waals surface area contributed by atoms with Crippen molar-refractivity contribution in [2.24, 2.45) is 5.92 Å². The van der Waals surface area contributed by atoms with E-state index in [1.807, 2.05) is 6.92 Å². The molecule has 6 heteroatoms. The lowest BCUT2D eigenvalue weighted by Gasteiger charge is -2.32. The van der Waals surface area contributed by atoms with E-state index in [1.165, 1.54) is 12.1 Å². The number of rotatable bonds is 5. The van der Waals surface area contributed by atoms with Gasteiger partial charge in [0.25, 0.3) is 5.91 Å². The summed E-state index contributed by atoms with van der Waals surface area (Å²) in [6, 6.07) is 4.59. The molecule has 1 aliphatic rings. The first-order valence-corrected chi connectivity index (χ1v) is 8.21. The lowest BCUT2D eigenvalue weighted by molar-refractivity contribution is 0.0501. The maximum absolute atomic E-state index is 12.6. The van der Waals surface area contributed by atoms with Crippen LogP contribution in [-0.4, -0.2) is 48.2 Å². The molecule has 0 aromatic heterocycles. The number of benzene rings is 1. The van der Waals surface area contributed by atoms with Gasteiger partial charge in [-0.2, -0.15) is 0 Å². The number of carbonyl (C=O) groups is 2. The number of nitrogens with zero attached hydrogens (tertiary/aromatic N) is 1. The second-order valence-corrected chi connectivity index (χ2v) is 6.37. The van der Waals surface area contributed by atoms with Crippen LogP contribution in [0.2, 0.25) is 0 Å². The fourth-order valence-corrected chi connectivity index (χ4v) is 3.18. The summed E-state index contributed by atoms with van der Waals surface area (Å²) in [6.45, 7) is 4.67. The van der Waals surface area contributed by atoms with Crippen LogP contribution in [-0.2, 0) is 4.74 Å². The van der Waals surface area contributed by atoms with Crippen molar-refractivity contribution in [2.45, 2.75) is 19.8 Å². The van der Waals surface area contributed by atoms with E-state index in [1.54, 1.807) is 11.0 Å². The van der Waals surface area contributed by atoms with Crippen LogP contribution in [0.5, 0.6) is 0 Å². The van der Waals surface area contributed by atoms with Gasteiger partial charge < -0.3 is 14.7 Å². The highest BCUT2D eigenvalue weighted by atomic mass is 79.9. The standard InChI is InChI=1S/C16H20BrNO4/c1-2-22-10-11-4-3-5-18(9-11)15(19)12-6-13(16(20)21)8-14(17)7-12/h6-8,11H,2-5,9-10H2,1H3,(H,20,21). The van der Waals surface area contributed by atoms with Crippen LogP contribution in [0.1, 0.15) is 40.5 Å². The summed E-state index contributed by atoms with van der Waals surface area (Å²) in [5, 5.41) is 9.10. The Labute approximate surface area is 138 Å². The maximum atomic E-state index is 12.6. The molecule has 1 heterocycles. The molecule has 1 aliphatic heterocycles. The number of halogens is 1. The molecule has 1 atom stereocenters. The Hall–Kier alpha value is -1.40. The average molecular weight is 370 g/mol. The van der Waals surface area contributed by atoms with Gasteiger partial charge in [-0.05, 0) is 43.9 Å². The highest BCUT2D eigenvalue weighted by Gasteiger charge is 2.25. The van der Waals surface area contributed by atoms with Crippen LogP contribution in [0, 0.1) is 5.92 Å². The van der Waals surface area contributed by atoms with E-state index in [9.17, 15) is 9.59 Å². The Balaban J connectivity index is 2.12. The lowest BCUT2D eigenvalue weighted by atomic mass is 9.98. The minimum absolute atomic E-state index is 0.112. The largest absolute Gasteiger partial charge is 0.478 e. The highest BCUT2D eigenvalue weighted by Crippen LogP contribution is 2.22. The molecule has 1 unspecified atom stereocenters. The molecule has 1 amide bonds. The van der Waals surface area contributed by atoms with Crippen LogP contribution >= 0.6 is 15.9 Å². The molecule has 1 N–H and O–H groups in total. The smallest absolute Gasteiger partial charge is 0.335 e. The Kier molecular flexibility index (Phi) is 5.97. The van der Waals surface area contributed by atoms with E-state index in [2.05, 4.69) is 15.9 Å². The molecule has 120 valence electrons. The zero-order chi connectivity index (χ0) is 16.1. The third-order valence-corrected chi connectivity index (χ3v) is 4.21. The number of aromatic carboxylic acids is 1. The third-order valence-electron chi connectivity index (χ3n) is 3.76. The van der Waals surface area contributed by atoms with E-state index in [0.717, 1.165) is 12.8 Å². The summed E-state index contributed by atoms with van der Waals surface area (Å²) in [5.41, 5.74) is 0.518. The monoisotopic (exact) mass is 369 g/mol. The number of carbonyl (C=O) groups excluding carboxylic acids is 1. The van der Waals surface area contributed by atoms with Crippen molar-refractivity contribution in [2.75, 3.05) is 26.3 Å². The van der Waals surface area contributed by atoms with Crippen molar-refractivity contribution in [3.05, 3.63) is 33.8 Å². The fraction of sp³-hybridized carbons (Fsp3) is 0.500. The Bertz CT molecular complexity index is 561. The normalized spacial score (nSPS) is 18.3. The van der Waals surface area contributed by atoms with Crippen LogP contribution in [0.3, 0.4) is 0 Å². The lowest BCUT2D eigenvalue weighted by Crippen LogP contribution is -2.41. The molecule has 0 radical (unpaired) electrons. The van der Waals surface area contributed by atoms with Crippen LogP contribution in [0.4, 0.5) is 0 Å². The molecule has 0 saturated carbocycles. The fourth-order valence-electron chi connectivity index (χ4n) is 2.69. The van der Waals surface area contributed by atoms with Crippen molar-refractivity contribution in [3.63, 3.8) is 0 Å². The summed E-state index contributed by atoms with van der Waals surface area (Å²) < 4.78 is 6.05. The van der Waals surface area contributed by atoms with Gasteiger partial charge in [-0.1, -0.05) is 15.9 Å². The van der Waals surface area contributed by atoms with Crippen molar-refractivity contribution in [1.29, 1.82) is 0 Å². The number of hydrogen-bond acceptors (Lipinski definition) is 3. The first-order chi connectivity index (χ1) is 10.5. The Morgan fingerprint density at radius 2 is 2.09 bits per heavy atom. The molecule has 1 aromatic rings. The van der Waals surface area contributed by atoms with E-state index >= 15 is 0 Å². The molecule has 1 saturated heterocycles. The summed E-state index contributed by atoms with van der Waals surface area (Å²) in [7, 11) is 0. The van der Waals surface area contributed by atoms with Gasteiger partial charge in [-0.3, -0.25) is 4.79 Å². The zero-order valence-corrected chi connectivity index (χ0v) is 14.1. The first kappa shape index (κ1) is 17.0.